The lowest BCUT2D eigenvalue weighted by molar-refractivity contribution is -0.137. The Hall–Kier alpha value is -1.07. The Balaban J connectivity index is 2.59. The van der Waals surface area contributed by atoms with E-state index in [4.69, 9.17) is 10.5 Å². The number of hydrogen-bond donors (Lipinski definition) is 1. The van der Waals surface area contributed by atoms with Crippen molar-refractivity contribution >= 4 is 0 Å². The van der Waals surface area contributed by atoms with Crippen molar-refractivity contribution in [1.82, 2.24) is 0 Å². The van der Waals surface area contributed by atoms with Crippen LogP contribution in [0, 0.1) is 0 Å². The molecule has 0 aliphatic rings. The van der Waals surface area contributed by atoms with Gasteiger partial charge in [-0.1, -0.05) is 19.1 Å². The summed E-state index contributed by atoms with van der Waals surface area (Å²) in [7, 11) is 0. The van der Waals surface area contributed by atoms with Crippen LogP contribution < -0.4 is 5.73 Å². The number of rotatable bonds is 5. The highest BCUT2D eigenvalue weighted by molar-refractivity contribution is 5.25. The van der Waals surface area contributed by atoms with Gasteiger partial charge in [0.1, 0.15) is 0 Å². The molecule has 1 aromatic carbocycles. The predicted molar refractivity (Wildman–Crippen MR) is 64.0 cm³/mol. The van der Waals surface area contributed by atoms with Gasteiger partial charge in [-0.3, -0.25) is 0 Å². The molecule has 0 saturated carbocycles. The summed E-state index contributed by atoms with van der Waals surface area (Å²) in [5, 5.41) is 0. The number of alkyl halides is 3. The summed E-state index contributed by atoms with van der Waals surface area (Å²) in [6.07, 6.45) is -3.57. The standard InChI is InChI=1S/C13H18F3NO/c1-3-12(2,17)9-18-8-10-5-4-6-11(7-10)13(14,15)16/h4-7H,3,8-9,17H2,1-2H3. The Morgan fingerprint density at radius 2 is 1.94 bits per heavy atom. The van der Waals surface area contributed by atoms with Crippen molar-refractivity contribution in [2.45, 2.75) is 38.6 Å². The summed E-state index contributed by atoms with van der Waals surface area (Å²) in [6, 6.07) is 5.13. The predicted octanol–water partition coefficient (Wildman–Crippen LogP) is 3.35. The van der Waals surface area contributed by atoms with Crippen molar-refractivity contribution in [2.75, 3.05) is 6.61 Å². The van der Waals surface area contributed by atoms with Gasteiger partial charge >= 0.3 is 6.18 Å². The molecule has 2 nitrogen and oxygen atoms in total. The van der Waals surface area contributed by atoms with Gasteiger partial charge in [0.2, 0.25) is 0 Å². The molecule has 102 valence electrons. The SMILES string of the molecule is CCC(C)(N)COCc1cccc(C(F)(F)F)c1. The Bertz CT molecular complexity index is 388. The Morgan fingerprint density at radius 1 is 1.28 bits per heavy atom. The summed E-state index contributed by atoms with van der Waals surface area (Å²) in [5.74, 6) is 0. The molecule has 0 amide bonds. The summed E-state index contributed by atoms with van der Waals surface area (Å²) in [6.45, 7) is 4.24. The van der Waals surface area contributed by atoms with Gasteiger partial charge < -0.3 is 10.5 Å². The molecule has 0 aliphatic heterocycles. The third kappa shape index (κ3) is 4.66. The van der Waals surface area contributed by atoms with Crippen LogP contribution in [0.4, 0.5) is 13.2 Å². The van der Waals surface area contributed by atoms with Crippen LogP contribution >= 0.6 is 0 Å². The lowest BCUT2D eigenvalue weighted by atomic mass is 10.0. The molecule has 0 fully saturated rings. The first-order valence-electron chi connectivity index (χ1n) is 5.77. The zero-order valence-electron chi connectivity index (χ0n) is 10.6. The van der Waals surface area contributed by atoms with E-state index >= 15 is 0 Å². The molecule has 1 rings (SSSR count). The largest absolute Gasteiger partial charge is 0.416 e. The summed E-state index contributed by atoms with van der Waals surface area (Å²) < 4.78 is 42.8. The van der Waals surface area contributed by atoms with Crippen molar-refractivity contribution in [3.8, 4) is 0 Å². The monoisotopic (exact) mass is 261 g/mol. The van der Waals surface area contributed by atoms with Crippen molar-refractivity contribution in [3.05, 3.63) is 35.4 Å². The van der Waals surface area contributed by atoms with Gasteiger partial charge in [-0.2, -0.15) is 13.2 Å². The summed E-state index contributed by atoms with van der Waals surface area (Å²) in [5.41, 5.74) is 5.27. The Labute approximate surface area is 105 Å². The fourth-order valence-corrected chi connectivity index (χ4v) is 1.34. The quantitative estimate of drug-likeness (QED) is 0.882. The summed E-state index contributed by atoms with van der Waals surface area (Å²) >= 11 is 0. The minimum atomic E-state index is -4.32. The van der Waals surface area contributed by atoms with Crippen LogP contribution in [-0.4, -0.2) is 12.1 Å². The van der Waals surface area contributed by atoms with E-state index in [1.807, 2.05) is 13.8 Å². The molecule has 0 aliphatic carbocycles. The lowest BCUT2D eigenvalue weighted by Gasteiger charge is -2.22. The minimum absolute atomic E-state index is 0.136. The third-order valence-electron chi connectivity index (χ3n) is 2.76. The molecule has 1 atom stereocenters. The average molecular weight is 261 g/mol. The fourth-order valence-electron chi connectivity index (χ4n) is 1.34. The third-order valence-corrected chi connectivity index (χ3v) is 2.76. The van der Waals surface area contributed by atoms with Gasteiger partial charge in [0.05, 0.1) is 18.8 Å². The van der Waals surface area contributed by atoms with Crippen LogP contribution in [0.2, 0.25) is 0 Å². The van der Waals surface area contributed by atoms with Crippen molar-refractivity contribution in [1.29, 1.82) is 0 Å². The molecule has 5 heteroatoms. The van der Waals surface area contributed by atoms with Crippen LogP contribution in [0.3, 0.4) is 0 Å². The van der Waals surface area contributed by atoms with Crippen LogP contribution in [-0.2, 0) is 17.5 Å². The van der Waals surface area contributed by atoms with E-state index in [0.717, 1.165) is 18.6 Å². The van der Waals surface area contributed by atoms with Gasteiger partial charge in [0.25, 0.3) is 0 Å². The Kier molecular flexibility index (Phi) is 4.76. The molecule has 0 heterocycles. The zero-order chi connectivity index (χ0) is 13.8. The van der Waals surface area contributed by atoms with E-state index in [-0.39, 0.29) is 6.61 Å². The highest BCUT2D eigenvalue weighted by atomic mass is 19.4. The smallest absolute Gasteiger partial charge is 0.375 e. The van der Waals surface area contributed by atoms with Gasteiger partial charge in [-0.15, -0.1) is 0 Å². The second kappa shape index (κ2) is 5.71. The topological polar surface area (TPSA) is 35.2 Å². The second-order valence-electron chi connectivity index (χ2n) is 4.70. The number of nitrogens with two attached hydrogens (primary N) is 1. The van der Waals surface area contributed by atoms with Crippen molar-refractivity contribution < 1.29 is 17.9 Å². The van der Waals surface area contributed by atoms with Gasteiger partial charge in [-0.05, 0) is 31.0 Å². The molecule has 2 N–H and O–H groups in total. The van der Waals surface area contributed by atoms with E-state index in [1.54, 1.807) is 6.07 Å². The molecule has 18 heavy (non-hydrogen) atoms. The first kappa shape index (κ1) is 15.0. The van der Waals surface area contributed by atoms with E-state index in [2.05, 4.69) is 0 Å². The number of ether oxygens (including phenoxy) is 1. The maximum Gasteiger partial charge on any atom is 0.416 e. The number of halogens is 3. The zero-order valence-corrected chi connectivity index (χ0v) is 10.6. The fraction of sp³-hybridized carbons (Fsp3) is 0.538. The maximum atomic E-state index is 12.5. The number of hydrogen-bond acceptors (Lipinski definition) is 2. The molecule has 0 saturated heterocycles. The van der Waals surface area contributed by atoms with E-state index in [9.17, 15) is 13.2 Å². The Morgan fingerprint density at radius 3 is 2.50 bits per heavy atom. The van der Waals surface area contributed by atoms with Crippen LogP contribution in [0.5, 0.6) is 0 Å². The highest BCUT2D eigenvalue weighted by Crippen LogP contribution is 2.29. The van der Waals surface area contributed by atoms with E-state index < -0.39 is 17.3 Å². The van der Waals surface area contributed by atoms with Gasteiger partial charge in [-0.25, -0.2) is 0 Å². The highest BCUT2D eigenvalue weighted by Gasteiger charge is 2.30. The molecule has 1 unspecified atom stereocenters. The van der Waals surface area contributed by atoms with Crippen LogP contribution in [0.25, 0.3) is 0 Å². The lowest BCUT2D eigenvalue weighted by Crippen LogP contribution is -2.40. The molecule has 0 radical (unpaired) electrons. The van der Waals surface area contributed by atoms with Crippen LogP contribution in [0.1, 0.15) is 31.4 Å². The summed E-state index contributed by atoms with van der Waals surface area (Å²) in [4.78, 5) is 0. The molecular formula is C13H18F3NO. The van der Waals surface area contributed by atoms with E-state index in [0.29, 0.717) is 12.2 Å². The molecule has 0 spiro atoms. The average Bonchev–Trinajstić information content (AvgIpc) is 2.28. The maximum absolute atomic E-state index is 12.5. The van der Waals surface area contributed by atoms with Crippen molar-refractivity contribution in [2.24, 2.45) is 5.73 Å². The van der Waals surface area contributed by atoms with Crippen molar-refractivity contribution in [3.63, 3.8) is 0 Å². The van der Waals surface area contributed by atoms with Crippen LogP contribution in [0.15, 0.2) is 24.3 Å². The normalized spacial score (nSPS) is 15.4. The molecule has 1 aromatic rings. The molecular weight excluding hydrogens is 243 g/mol. The van der Waals surface area contributed by atoms with Gasteiger partial charge in [0.15, 0.2) is 0 Å². The minimum Gasteiger partial charge on any atom is -0.375 e. The van der Waals surface area contributed by atoms with Gasteiger partial charge in [0, 0.05) is 5.54 Å². The first-order valence-corrected chi connectivity index (χ1v) is 5.77. The molecule has 0 bridgehead atoms. The van der Waals surface area contributed by atoms with E-state index in [1.165, 1.54) is 6.07 Å². The second-order valence-corrected chi connectivity index (χ2v) is 4.70. The first-order chi connectivity index (χ1) is 8.24. The number of benzene rings is 1. The molecule has 0 aromatic heterocycles.